The molecule has 4 radical (unpaired) electrons. The molecule has 0 atom stereocenters. The largest absolute Gasteiger partial charge is 0.475 e. The second-order valence-corrected chi connectivity index (χ2v) is 41.0. The number of carbonyl (C=O) groups is 4. The van der Waals surface area contributed by atoms with Crippen molar-refractivity contribution in [3.8, 4) is 0 Å². The molecule has 6 saturated heterocycles. The predicted octanol–water partition coefficient (Wildman–Crippen LogP) is 3.06. The molecule has 2 aromatic rings. The van der Waals surface area contributed by atoms with Gasteiger partial charge in [-0.3, -0.25) is 0 Å². The zero-order valence-corrected chi connectivity index (χ0v) is 48.6. The minimum atomic E-state index is -3.64. The average molecular weight is 1130 g/mol. The van der Waals surface area contributed by atoms with Gasteiger partial charge in [-0.1, -0.05) is 24.3 Å². The first-order valence-electron chi connectivity index (χ1n) is 17.0. The van der Waals surface area contributed by atoms with Gasteiger partial charge in [0, 0.05) is 118 Å². The van der Waals surface area contributed by atoms with Crippen LogP contribution in [0.2, 0.25) is 65.5 Å². The molecule has 0 aromatic heterocycles. The number of ether oxygens (including phenoxy) is 2. The summed E-state index contributed by atoms with van der Waals surface area (Å²) in [4.78, 5) is 43.3. The van der Waals surface area contributed by atoms with Crippen LogP contribution in [0.1, 0.15) is 41.4 Å². The first-order chi connectivity index (χ1) is 25.8. The van der Waals surface area contributed by atoms with Crippen LogP contribution >= 0.6 is 0 Å². The van der Waals surface area contributed by atoms with Crippen molar-refractivity contribution in [1.29, 1.82) is 0 Å². The van der Waals surface area contributed by atoms with Crippen LogP contribution in [-0.2, 0) is 133 Å². The van der Waals surface area contributed by atoms with Crippen molar-refractivity contribution in [3.05, 3.63) is 70.8 Å². The summed E-state index contributed by atoms with van der Waals surface area (Å²) >= 11 is 0. The summed E-state index contributed by atoms with van der Waals surface area (Å²) in [5.41, 5.74) is 1.44. The van der Waals surface area contributed by atoms with Crippen LogP contribution in [0.5, 0.6) is 0 Å². The van der Waals surface area contributed by atoms with Crippen LogP contribution in [-0.4, -0.2) is 113 Å². The van der Waals surface area contributed by atoms with Crippen LogP contribution in [0.15, 0.2) is 48.5 Å². The van der Waals surface area contributed by atoms with Gasteiger partial charge < -0.3 is 67.1 Å². The van der Waals surface area contributed by atoms with Gasteiger partial charge in [-0.15, -0.1) is 0 Å². The Hall–Kier alpha value is 0.537. The van der Waals surface area contributed by atoms with E-state index in [1.54, 1.807) is 101 Å². The number of carbonyl (C=O) groups excluding carboxylic acids is 4. The maximum atomic E-state index is 10.8. The van der Waals surface area contributed by atoms with E-state index in [4.69, 9.17) is 57.6 Å². The number of hydrogen-bond donors (Lipinski definition) is 0. The Kier molecular flexibility index (Phi) is 14.9. The van der Waals surface area contributed by atoms with Gasteiger partial charge in [0.1, 0.15) is 0 Å². The molecule has 0 spiro atoms. The van der Waals surface area contributed by atoms with Crippen molar-refractivity contribution in [2.75, 3.05) is 0 Å². The topological polar surface area (TPSA) is 216 Å². The normalized spacial score (nSPS) is 40.2. The molecule has 8 aliphatic rings. The Bertz CT molecular complexity index is 1690. The summed E-state index contributed by atoms with van der Waals surface area (Å²) in [7, 11) is -32.6. The van der Waals surface area contributed by atoms with E-state index in [1.807, 2.05) is 13.1 Å². The Balaban J connectivity index is 0.000000216. The first-order valence-corrected chi connectivity index (χ1v) is 38.4. The molecule has 8 aliphatic heterocycles. The fourth-order valence-electron chi connectivity index (χ4n) is 7.02. The van der Waals surface area contributed by atoms with Crippen LogP contribution in [0.3, 0.4) is 0 Å². The van der Waals surface area contributed by atoms with E-state index < -0.39 is 113 Å². The molecular formula is C26H38O20Si10Y2. The van der Waals surface area contributed by atoms with Gasteiger partial charge in [0.15, 0.2) is 0 Å². The third kappa shape index (κ3) is 10.9. The maximum absolute atomic E-state index is 10.8. The molecule has 308 valence electrons. The summed E-state index contributed by atoms with van der Waals surface area (Å²) in [6.07, 6.45) is 0. The molecule has 8 bridgehead atoms. The summed E-state index contributed by atoms with van der Waals surface area (Å²) < 4.78 is 100.0. The van der Waals surface area contributed by atoms with Gasteiger partial charge in [-0.2, -0.15) is 0 Å². The van der Waals surface area contributed by atoms with E-state index >= 15 is 0 Å². The van der Waals surface area contributed by atoms with Crippen molar-refractivity contribution < 1.29 is 152 Å². The number of benzene rings is 2. The van der Waals surface area contributed by atoms with Crippen LogP contribution < -0.4 is 0 Å². The Morgan fingerprint density at radius 3 is 0.707 bits per heavy atom. The van der Waals surface area contributed by atoms with Crippen LogP contribution in [0.25, 0.3) is 0 Å². The van der Waals surface area contributed by atoms with Crippen molar-refractivity contribution >= 4 is 113 Å². The fourth-order valence-corrected chi connectivity index (χ4v) is 56.4. The van der Waals surface area contributed by atoms with E-state index in [-0.39, 0.29) is 65.4 Å². The molecule has 58 heavy (non-hydrogen) atoms. The van der Waals surface area contributed by atoms with Gasteiger partial charge in [0.05, 0.1) is 22.3 Å². The van der Waals surface area contributed by atoms with E-state index in [2.05, 4.69) is 9.47 Å². The maximum Gasteiger partial charge on any atom is 0.475 e. The number of rotatable bonds is 0. The van der Waals surface area contributed by atoms with Crippen LogP contribution in [0, 0.1) is 0 Å². The van der Waals surface area contributed by atoms with Crippen molar-refractivity contribution in [2.45, 2.75) is 65.5 Å². The molecule has 0 saturated carbocycles. The number of fused-ring (bicyclic) bond motifs is 6. The second-order valence-electron chi connectivity index (χ2n) is 13.8. The standard InChI is InChI=1S/C10H30O14Si10.2C8H4O3.2Y/c1-25-11-27(3)15-31(7)19-29(5)13-26(2)14-30(6)21-33(9,23-31)17-28(4,12-25)18-34(10,22-30)24-32(8,16-27)20-29;2*9-7-5-3-1-2-4-6(5)8(10)11-7;;/h1-10H3;2*1-4H;;. The molecule has 2 aromatic carbocycles. The molecule has 32 heteroatoms. The molecular weight excluding hydrogens is 1090 g/mol. The van der Waals surface area contributed by atoms with E-state index in [0.29, 0.717) is 22.3 Å². The number of esters is 4. The average Bonchev–Trinajstić information content (AvgIpc) is 3.45. The molecule has 0 aliphatic carbocycles. The molecule has 0 unspecified atom stereocenters. The summed E-state index contributed by atoms with van der Waals surface area (Å²) in [5.74, 6) is -2.20. The quantitative estimate of drug-likeness (QED) is 0.211. The fraction of sp³-hybridized carbons (Fsp3) is 0.385. The van der Waals surface area contributed by atoms with E-state index in [0.717, 1.165) is 0 Å². The van der Waals surface area contributed by atoms with Gasteiger partial charge in [0.2, 0.25) is 0 Å². The van der Waals surface area contributed by atoms with Gasteiger partial charge in [-0.25, -0.2) is 19.2 Å². The summed E-state index contributed by atoms with van der Waals surface area (Å²) in [6, 6.07) is 13.1. The smallest absolute Gasteiger partial charge is 0.394 e. The monoisotopic (exact) mass is 1130 g/mol. The van der Waals surface area contributed by atoms with Crippen molar-refractivity contribution in [1.82, 2.24) is 0 Å². The SMILES string of the molecule is C[Si]1O[Si]2(C)O[Si]3(C)O[Si]4(C)O[Si](C)O[Si]5(C)O[Si](C)(O[Si](C)(O1)O[Si](C)(O5)O[Si](C)(O2)O4)O3.O=C1OC(=O)c2ccccc21.O=C1OC(=O)c2ccccc21.[Y].[Y]. The van der Waals surface area contributed by atoms with Gasteiger partial charge >= 0.3 is 113 Å². The minimum Gasteiger partial charge on any atom is -0.394 e. The molecule has 6 fully saturated rings. The molecule has 10 rings (SSSR count). The van der Waals surface area contributed by atoms with Crippen molar-refractivity contribution in [3.63, 3.8) is 0 Å². The number of hydrogen-bond acceptors (Lipinski definition) is 20. The predicted molar refractivity (Wildman–Crippen MR) is 204 cm³/mol. The Labute approximate surface area is 396 Å². The minimum absolute atomic E-state index is 0. The van der Waals surface area contributed by atoms with E-state index in [1.165, 1.54) is 0 Å². The zero-order chi connectivity index (χ0) is 40.7. The van der Waals surface area contributed by atoms with Gasteiger partial charge in [0.25, 0.3) is 0 Å². The third-order valence-corrected chi connectivity index (χ3v) is 48.3. The molecule has 0 amide bonds. The van der Waals surface area contributed by atoms with Crippen LogP contribution in [0.4, 0.5) is 0 Å². The molecule has 8 heterocycles. The zero-order valence-electron chi connectivity index (χ0n) is 32.9. The third-order valence-electron chi connectivity index (χ3n) is 8.13. The van der Waals surface area contributed by atoms with Gasteiger partial charge in [-0.05, 0) is 37.4 Å². The number of cyclic esters (lactones) is 4. The molecule has 20 nitrogen and oxygen atoms in total. The van der Waals surface area contributed by atoms with E-state index in [9.17, 15) is 19.2 Å². The molecule has 0 N–H and O–H groups in total. The first kappa shape index (κ1) is 49.6. The summed E-state index contributed by atoms with van der Waals surface area (Å²) in [6.45, 7) is 17.7. The second kappa shape index (κ2) is 17.5. The Morgan fingerprint density at radius 1 is 0.345 bits per heavy atom. The summed E-state index contributed by atoms with van der Waals surface area (Å²) in [5, 5.41) is 0. The van der Waals surface area contributed by atoms with Crippen molar-refractivity contribution in [2.24, 2.45) is 0 Å². The Morgan fingerprint density at radius 2 is 0.517 bits per heavy atom.